The van der Waals surface area contributed by atoms with Crippen LogP contribution >= 0.6 is 6.89 Å². The molecular weight excluding hydrogens is 569 g/mol. The van der Waals surface area contributed by atoms with Crippen molar-refractivity contribution in [3.05, 3.63) is 199 Å². The number of Topliss-reactive ketones (excluding diaryl/α,β-unsaturated/α-hetero) is 1. The number of carbonyl (C=O) groups excluding carboxylic acids is 2. The maximum atomic E-state index is 15.9. The van der Waals surface area contributed by atoms with Gasteiger partial charge in [0.15, 0.2) is 5.78 Å². The smallest absolute Gasteiger partial charge is 0.252 e. The average Bonchev–Trinajstić information content (AvgIpc) is 3.12. The van der Waals surface area contributed by atoms with Crippen LogP contribution in [-0.4, -0.2) is 17.0 Å². The molecule has 0 saturated carbocycles. The fourth-order valence-electron chi connectivity index (χ4n) is 6.02. The minimum Gasteiger partial charge on any atom is -0.335 e. The van der Waals surface area contributed by atoms with E-state index in [-0.39, 0.29) is 11.7 Å². The van der Waals surface area contributed by atoms with Crippen LogP contribution < -0.4 is 21.2 Å². The predicted octanol–water partition coefficient (Wildman–Crippen LogP) is 7.12. The molecule has 0 aromatic heterocycles. The lowest BCUT2D eigenvalue weighted by atomic mass is 9.84. The van der Waals surface area contributed by atoms with Gasteiger partial charge in [-0.2, -0.15) is 0 Å². The van der Waals surface area contributed by atoms with Crippen LogP contribution in [0.4, 0.5) is 0 Å². The molecule has 0 aliphatic carbocycles. The van der Waals surface area contributed by atoms with E-state index in [0.29, 0.717) is 16.4 Å². The fourth-order valence-corrected chi connectivity index (χ4v) is 10.6. The van der Waals surface area contributed by atoms with Crippen LogP contribution in [0.5, 0.6) is 0 Å². The van der Waals surface area contributed by atoms with E-state index in [1.807, 2.05) is 140 Å². The van der Waals surface area contributed by atoms with E-state index in [1.165, 1.54) is 0 Å². The first-order valence-electron chi connectivity index (χ1n) is 15.0. The van der Waals surface area contributed by atoms with Crippen molar-refractivity contribution in [1.82, 2.24) is 5.32 Å². The standard InChI is InChI=1S/C41H34NO2P/c1-41(34-24-12-4-13-25-34,42-40(44)33-22-10-3-11-23-33)39(43)38(32-20-8-2-9-21-32)45(35-26-14-5-15-27-35,36-28-16-6-17-29-36)37-30-18-7-19-31-37/h2-31H,1H3,(H,42,44). The number of ketones is 1. The quantitative estimate of drug-likeness (QED) is 0.179. The number of carbonyl (C=O) groups is 2. The summed E-state index contributed by atoms with van der Waals surface area (Å²) in [5.74, 6) is -0.472. The van der Waals surface area contributed by atoms with Crippen molar-refractivity contribution in [1.29, 1.82) is 0 Å². The second kappa shape index (κ2) is 13.2. The zero-order valence-corrected chi connectivity index (χ0v) is 26.0. The third-order valence-corrected chi connectivity index (χ3v) is 12.6. The molecular formula is C41H34NO2P. The second-order valence-corrected chi connectivity index (χ2v) is 14.4. The van der Waals surface area contributed by atoms with E-state index >= 15 is 4.79 Å². The molecule has 220 valence electrons. The van der Waals surface area contributed by atoms with Crippen LogP contribution in [0.15, 0.2) is 182 Å². The van der Waals surface area contributed by atoms with Gasteiger partial charge in [0.05, 0.1) is 0 Å². The highest BCUT2D eigenvalue weighted by molar-refractivity contribution is 7.96. The lowest BCUT2D eigenvalue weighted by molar-refractivity contribution is -0.118. The van der Waals surface area contributed by atoms with Crippen LogP contribution in [0.3, 0.4) is 0 Å². The van der Waals surface area contributed by atoms with Crippen molar-refractivity contribution in [2.75, 3.05) is 0 Å². The second-order valence-electron chi connectivity index (χ2n) is 11.0. The van der Waals surface area contributed by atoms with Crippen LogP contribution in [0.2, 0.25) is 0 Å². The molecule has 0 saturated heterocycles. The molecule has 0 heterocycles. The van der Waals surface area contributed by atoms with Crippen molar-refractivity contribution in [3.63, 3.8) is 0 Å². The van der Waals surface area contributed by atoms with E-state index in [0.717, 1.165) is 21.5 Å². The van der Waals surface area contributed by atoms with Gasteiger partial charge in [-0.05, 0) is 53.0 Å². The molecule has 1 unspecified atom stereocenters. The summed E-state index contributed by atoms with van der Waals surface area (Å²) in [6.07, 6.45) is 0. The van der Waals surface area contributed by atoms with E-state index < -0.39 is 12.4 Å². The number of nitrogens with one attached hydrogen (secondary N) is 1. The zero-order valence-electron chi connectivity index (χ0n) is 25.1. The van der Waals surface area contributed by atoms with Gasteiger partial charge in [-0.1, -0.05) is 170 Å². The van der Waals surface area contributed by atoms with Crippen molar-refractivity contribution in [3.8, 4) is 0 Å². The Labute approximate surface area is 265 Å². The highest BCUT2D eigenvalue weighted by Crippen LogP contribution is 2.49. The van der Waals surface area contributed by atoms with Gasteiger partial charge in [0.25, 0.3) is 5.91 Å². The first kappa shape index (κ1) is 29.8. The Morgan fingerprint density at radius 2 is 0.800 bits per heavy atom. The average molecular weight is 604 g/mol. The molecule has 3 nitrogen and oxygen atoms in total. The van der Waals surface area contributed by atoms with Gasteiger partial charge in [-0.25, -0.2) is 0 Å². The van der Waals surface area contributed by atoms with Gasteiger partial charge >= 0.3 is 0 Å². The molecule has 0 bridgehead atoms. The van der Waals surface area contributed by atoms with Gasteiger partial charge in [0.1, 0.15) is 5.54 Å². The first-order chi connectivity index (χ1) is 22.0. The van der Waals surface area contributed by atoms with E-state index in [9.17, 15) is 4.79 Å². The summed E-state index contributed by atoms with van der Waals surface area (Å²) in [6, 6.07) is 59.6. The molecule has 6 aromatic carbocycles. The Kier molecular flexibility index (Phi) is 8.73. The third kappa shape index (κ3) is 5.71. The van der Waals surface area contributed by atoms with Gasteiger partial charge < -0.3 is 5.32 Å². The third-order valence-electron chi connectivity index (χ3n) is 8.23. The molecule has 0 fully saturated rings. The topological polar surface area (TPSA) is 46.2 Å². The van der Waals surface area contributed by atoms with E-state index in [4.69, 9.17) is 0 Å². The zero-order chi connectivity index (χ0) is 31.1. The predicted molar refractivity (Wildman–Crippen MR) is 188 cm³/mol. The van der Waals surface area contributed by atoms with Crippen molar-refractivity contribution >= 4 is 39.8 Å². The summed E-state index contributed by atoms with van der Waals surface area (Å²) in [6.45, 7) is -1.02. The maximum Gasteiger partial charge on any atom is 0.252 e. The summed E-state index contributed by atoms with van der Waals surface area (Å²) in [4.78, 5) is 29.8. The van der Waals surface area contributed by atoms with E-state index in [2.05, 4.69) is 41.7 Å². The molecule has 0 aliphatic heterocycles. The fraction of sp³-hybridized carbons (Fsp3) is 0.0488. The molecule has 0 radical (unpaired) electrons. The summed E-state index contributed by atoms with van der Waals surface area (Å²) in [5.41, 5.74) is 0.621. The Balaban J connectivity index is 1.77. The lowest BCUT2D eigenvalue weighted by Crippen LogP contribution is -2.53. The highest BCUT2D eigenvalue weighted by Gasteiger charge is 2.44. The van der Waals surface area contributed by atoms with Gasteiger partial charge in [0.2, 0.25) is 0 Å². The van der Waals surface area contributed by atoms with Crippen LogP contribution in [-0.2, 0) is 10.3 Å². The van der Waals surface area contributed by atoms with Crippen molar-refractivity contribution in [2.45, 2.75) is 12.5 Å². The minimum atomic E-state index is -2.86. The Morgan fingerprint density at radius 1 is 0.467 bits per heavy atom. The molecule has 0 spiro atoms. The Hall–Kier alpha value is -5.24. The SMILES string of the molecule is CC(NC(=O)c1ccccc1)(C(=O)C(c1ccccc1)=P(c1ccccc1)(c1ccccc1)c1ccccc1)c1ccccc1. The lowest BCUT2D eigenvalue weighted by Gasteiger charge is -2.37. The monoisotopic (exact) mass is 603 g/mol. The van der Waals surface area contributed by atoms with Crippen molar-refractivity contribution in [2.24, 2.45) is 0 Å². The number of rotatable bonds is 9. The molecule has 6 aromatic rings. The molecule has 1 atom stereocenters. The normalized spacial score (nSPS) is 12.5. The maximum absolute atomic E-state index is 15.9. The van der Waals surface area contributed by atoms with Gasteiger partial charge in [0, 0.05) is 10.9 Å². The molecule has 4 heteroatoms. The molecule has 1 amide bonds. The van der Waals surface area contributed by atoms with Crippen LogP contribution in [0, 0.1) is 0 Å². The van der Waals surface area contributed by atoms with Crippen LogP contribution in [0.1, 0.15) is 28.4 Å². The number of hydrogen-bond donors (Lipinski definition) is 1. The largest absolute Gasteiger partial charge is 0.335 e. The summed E-state index contributed by atoms with van der Waals surface area (Å²) in [7, 11) is 0. The summed E-state index contributed by atoms with van der Waals surface area (Å²) in [5, 5.41) is 7.05. The van der Waals surface area contributed by atoms with Crippen molar-refractivity contribution < 1.29 is 9.59 Å². The Bertz CT molecular complexity index is 1840. The Morgan fingerprint density at radius 3 is 1.20 bits per heavy atom. The molecule has 1 N–H and O–H groups in total. The molecule has 0 aliphatic rings. The number of benzene rings is 6. The first-order valence-corrected chi connectivity index (χ1v) is 16.8. The van der Waals surface area contributed by atoms with Gasteiger partial charge in [-0.15, -0.1) is 0 Å². The van der Waals surface area contributed by atoms with E-state index in [1.54, 1.807) is 12.1 Å². The van der Waals surface area contributed by atoms with Crippen LogP contribution in [0.25, 0.3) is 0 Å². The summed E-state index contributed by atoms with van der Waals surface area (Å²) < 4.78 is 0. The molecule has 6 rings (SSSR count). The molecule has 45 heavy (non-hydrogen) atoms. The highest BCUT2D eigenvalue weighted by atomic mass is 31.2. The van der Waals surface area contributed by atoms with Gasteiger partial charge in [-0.3, -0.25) is 9.59 Å². The minimum absolute atomic E-state index is 0.158. The number of hydrogen-bond acceptors (Lipinski definition) is 2. The summed E-state index contributed by atoms with van der Waals surface area (Å²) >= 11 is 0. The number of amides is 1.